The molecule has 4 heteroatoms. The Morgan fingerprint density at radius 2 is 1.76 bits per heavy atom. The molecular weight excluding hydrogens is 305 g/mol. The number of benzene rings is 2. The molecule has 0 aliphatic rings. The second-order valence-electron chi connectivity index (χ2n) is 5.20. The molecule has 0 saturated carbocycles. The third-order valence-corrected chi connectivity index (χ3v) is 3.64. The van der Waals surface area contributed by atoms with Crippen LogP contribution in [0.5, 0.6) is 5.75 Å². The first kappa shape index (κ1) is 16.2. The summed E-state index contributed by atoms with van der Waals surface area (Å²) >= 11 is 12.1. The predicted octanol–water partition coefficient (Wildman–Crippen LogP) is 5.07. The number of ether oxygens (including phenoxy) is 1. The molecule has 112 valence electrons. The van der Waals surface area contributed by atoms with Crippen LogP contribution >= 0.6 is 23.2 Å². The zero-order chi connectivity index (χ0) is 15.2. The van der Waals surface area contributed by atoms with E-state index in [-0.39, 0.29) is 0 Å². The van der Waals surface area contributed by atoms with Gasteiger partial charge in [-0.15, -0.1) is 0 Å². The monoisotopic (exact) mass is 323 g/mol. The Bertz CT molecular complexity index is 582. The van der Waals surface area contributed by atoms with Gasteiger partial charge in [0.05, 0.1) is 0 Å². The van der Waals surface area contributed by atoms with Crippen LogP contribution < -0.4 is 10.1 Å². The average molecular weight is 324 g/mol. The van der Waals surface area contributed by atoms with E-state index in [1.807, 2.05) is 18.2 Å². The van der Waals surface area contributed by atoms with Crippen molar-refractivity contribution in [3.8, 4) is 5.75 Å². The summed E-state index contributed by atoms with van der Waals surface area (Å²) in [5.41, 5.74) is 2.12. The molecule has 2 nitrogen and oxygen atoms in total. The summed E-state index contributed by atoms with van der Waals surface area (Å²) in [6.45, 7) is 5.53. The molecular formula is C17H19Cl2NO. The van der Waals surface area contributed by atoms with E-state index < -0.39 is 0 Å². The molecule has 0 amide bonds. The Kier molecular flexibility index (Phi) is 5.92. The molecule has 2 aromatic rings. The first-order valence-corrected chi connectivity index (χ1v) is 7.69. The van der Waals surface area contributed by atoms with Gasteiger partial charge in [0.25, 0.3) is 0 Å². The van der Waals surface area contributed by atoms with E-state index >= 15 is 0 Å². The van der Waals surface area contributed by atoms with Gasteiger partial charge in [-0.2, -0.15) is 0 Å². The van der Waals surface area contributed by atoms with E-state index in [4.69, 9.17) is 27.9 Å². The highest BCUT2D eigenvalue weighted by Gasteiger charge is 2.03. The molecule has 1 N–H and O–H groups in total. The number of rotatable bonds is 6. The SMILES string of the molecule is CC(C)NCc1ccc(OCc2cc(Cl)ccc2Cl)cc1. The van der Waals surface area contributed by atoms with Crippen molar-refractivity contribution in [3.63, 3.8) is 0 Å². The first-order valence-electron chi connectivity index (χ1n) is 6.93. The zero-order valence-electron chi connectivity index (χ0n) is 12.2. The maximum Gasteiger partial charge on any atom is 0.119 e. The van der Waals surface area contributed by atoms with E-state index in [1.165, 1.54) is 5.56 Å². The van der Waals surface area contributed by atoms with Crippen molar-refractivity contribution >= 4 is 23.2 Å². The van der Waals surface area contributed by atoms with Gasteiger partial charge < -0.3 is 10.1 Å². The summed E-state index contributed by atoms with van der Waals surface area (Å²) in [6, 6.07) is 13.9. The second-order valence-corrected chi connectivity index (χ2v) is 6.05. The van der Waals surface area contributed by atoms with Gasteiger partial charge in [-0.25, -0.2) is 0 Å². The quantitative estimate of drug-likeness (QED) is 0.801. The standard InChI is InChI=1S/C17H19Cl2NO/c1-12(2)20-10-13-3-6-16(7-4-13)21-11-14-9-15(18)5-8-17(14)19/h3-9,12,20H,10-11H2,1-2H3. The Morgan fingerprint density at radius 1 is 1.05 bits per heavy atom. The van der Waals surface area contributed by atoms with Gasteiger partial charge in [0.15, 0.2) is 0 Å². The Morgan fingerprint density at radius 3 is 2.43 bits per heavy atom. The van der Waals surface area contributed by atoms with Gasteiger partial charge >= 0.3 is 0 Å². The summed E-state index contributed by atoms with van der Waals surface area (Å²) < 4.78 is 5.74. The number of hydrogen-bond donors (Lipinski definition) is 1. The molecule has 2 rings (SSSR count). The summed E-state index contributed by atoms with van der Waals surface area (Å²) in [5, 5.41) is 4.70. The molecule has 2 aromatic carbocycles. The lowest BCUT2D eigenvalue weighted by Crippen LogP contribution is -2.21. The zero-order valence-corrected chi connectivity index (χ0v) is 13.7. The van der Waals surface area contributed by atoms with Gasteiger partial charge in [0.2, 0.25) is 0 Å². The van der Waals surface area contributed by atoms with E-state index in [2.05, 4.69) is 31.3 Å². The molecule has 0 atom stereocenters. The minimum Gasteiger partial charge on any atom is -0.489 e. The van der Waals surface area contributed by atoms with Crippen molar-refractivity contribution < 1.29 is 4.74 Å². The van der Waals surface area contributed by atoms with E-state index in [0.717, 1.165) is 17.9 Å². The number of hydrogen-bond acceptors (Lipinski definition) is 2. The van der Waals surface area contributed by atoms with Crippen LogP contribution in [0.2, 0.25) is 10.0 Å². The molecule has 21 heavy (non-hydrogen) atoms. The van der Waals surface area contributed by atoms with E-state index in [0.29, 0.717) is 22.7 Å². The molecule has 0 bridgehead atoms. The van der Waals surface area contributed by atoms with Crippen molar-refractivity contribution in [2.75, 3.05) is 0 Å². The van der Waals surface area contributed by atoms with E-state index in [1.54, 1.807) is 12.1 Å². The van der Waals surface area contributed by atoms with Crippen LogP contribution in [0, 0.1) is 0 Å². The molecule has 0 heterocycles. The maximum absolute atomic E-state index is 6.11. The lowest BCUT2D eigenvalue weighted by Gasteiger charge is -2.10. The molecule has 0 saturated heterocycles. The minimum absolute atomic E-state index is 0.406. The summed E-state index contributed by atoms with van der Waals surface area (Å²) in [5.74, 6) is 0.819. The van der Waals surface area contributed by atoms with Crippen LogP contribution in [-0.4, -0.2) is 6.04 Å². The third-order valence-electron chi connectivity index (χ3n) is 3.04. The molecule has 0 aliphatic heterocycles. The molecule has 0 unspecified atom stereocenters. The third kappa shape index (κ3) is 5.24. The highest BCUT2D eigenvalue weighted by atomic mass is 35.5. The fraction of sp³-hybridized carbons (Fsp3) is 0.294. The molecule has 0 spiro atoms. The largest absolute Gasteiger partial charge is 0.489 e. The van der Waals surface area contributed by atoms with Crippen LogP contribution in [0.3, 0.4) is 0 Å². The Labute approximate surface area is 136 Å². The van der Waals surface area contributed by atoms with Crippen LogP contribution in [0.4, 0.5) is 0 Å². The smallest absolute Gasteiger partial charge is 0.119 e. The molecule has 0 radical (unpaired) electrons. The Balaban J connectivity index is 1.93. The lowest BCUT2D eigenvalue weighted by molar-refractivity contribution is 0.306. The van der Waals surface area contributed by atoms with Crippen molar-refractivity contribution in [1.82, 2.24) is 5.32 Å². The van der Waals surface area contributed by atoms with Crippen molar-refractivity contribution in [1.29, 1.82) is 0 Å². The van der Waals surface area contributed by atoms with Crippen LogP contribution in [-0.2, 0) is 13.2 Å². The predicted molar refractivity (Wildman–Crippen MR) is 89.2 cm³/mol. The fourth-order valence-corrected chi connectivity index (χ4v) is 2.21. The van der Waals surface area contributed by atoms with Gasteiger partial charge in [-0.3, -0.25) is 0 Å². The second kappa shape index (κ2) is 7.69. The van der Waals surface area contributed by atoms with Gasteiger partial charge in [-0.05, 0) is 35.9 Å². The van der Waals surface area contributed by atoms with E-state index in [9.17, 15) is 0 Å². The van der Waals surface area contributed by atoms with Gasteiger partial charge in [0, 0.05) is 28.2 Å². The van der Waals surface area contributed by atoms with Crippen molar-refractivity contribution in [3.05, 3.63) is 63.6 Å². The normalized spacial score (nSPS) is 10.9. The summed E-state index contributed by atoms with van der Waals surface area (Å²) in [4.78, 5) is 0. The molecule has 0 aliphatic carbocycles. The van der Waals surface area contributed by atoms with Gasteiger partial charge in [0.1, 0.15) is 12.4 Å². The summed E-state index contributed by atoms with van der Waals surface area (Å²) in [7, 11) is 0. The minimum atomic E-state index is 0.406. The topological polar surface area (TPSA) is 21.3 Å². The maximum atomic E-state index is 6.11. The highest BCUT2D eigenvalue weighted by molar-refractivity contribution is 6.33. The van der Waals surface area contributed by atoms with Crippen LogP contribution in [0.1, 0.15) is 25.0 Å². The molecule has 0 fully saturated rings. The average Bonchev–Trinajstić information content (AvgIpc) is 2.47. The number of nitrogens with one attached hydrogen (secondary N) is 1. The van der Waals surface area contributed by atoms with Crippen molar-refractivity contribution in [2.45, 2.75) is 33.0 Å². The van der Waals surface area contributed by atoms with Crippen LogP contribution in [0.25, 0.3) is 0 Å². The first-order chi connectivity index (χ1) is 10.0. The lowest BCUT2D eigenvalue weighted by atomic mass is 10.2. The Hall–Kier alpha value is -1.22. The highest BCUT2D eigenvalue weighted by Crippen LogP contribution is 2.22. The summed E-state index contributed by atoms with van der Waals surface area (Å²) in [6.07, 6.45) is 0. The molecule has 0 aromatic heterocycles. The number of halogens is 2. The van der Waals surface area contributed by atoms with Crippen molar-refractivity contribution in [2.24, 2.45) is 0 Å². The van der Waals surface area contributed by atoms with Crippen LogP contribution in [0.15, 0.2) is 42.5 Å². The fourth-order valence-electron chi connectivity index (χ4n) is 1.84. The van der Waals surface area contributed by atoms with Gasteiger partial charge in [-0.1, -0.05) is 49.2 Å².